The van der Waals surface area contributed by atoms with Crippen molar-refractivity contribution in [1.29, 1.82) is 0 Å². The summed E-state index contributed by atoms with van der Waals surface area (Å²) in [7, 11) is 1.65. The zero-order valence-corrected chi connectivity index (χ0v) is 17.1. The van der Waals surface area contributed by atoms with Gasteiger partial charge in [-0.3, -0.25) is 14.2 Å². The number of aryl methyl sites for hydroxylation is 2. The normalized spacial score (nSPS) is 13.5. The van der Waals surface area contributed by atoms with E-state index >= 15 is 0 Å². The van der Waals surface area contributed by atoms with Gasteiger partial charge in [-0.2, -0.15) is 0 Å². The number of amides is 1. The van der Waals surface area contributed by atoms with Crippen molar-refractivity contribution in [2.45, 2.75) is 57.3 Å². The van der Waals surface area contributed by atoms with Gasteiger partial charge in [0.2, 0.25) is 5.91 Å². The highest BCUT2D eigenvalue weighted by atomic mass is 32.2. The fourth-order valence-corrected chi connectivity index (χ4v) is 5.37. The first-order valence-corrected chi connectivity index (χ1v) is 10.8. The van der Waals surface area contributed by atoms with Crippen LogP contribution in [-0.2, 0) is 28.9 Å². The van der Waals surface area contributed by atoms with Crippen LogP contribution >= 0.6 is 23.1 Å². The third kappa shape index (κ3) is 4.13. The van der Waals surface area contributed by atoms with E-state index in [0.29, 0.717) is 18.3 Å². The highest BCUT2D eigenvalue weighted by Crippen LogP contribution is 2.35. The second kappa shape index (κ2) is 8.54. The summed E-state index contributed by atoms with van der Waals surface area (Å²) in [4.78, 5) is 32.0. The van der Waals surface area contributed by atoms with Crippen LogP contribution in [0.3, 0.4) is 0 Å². The predicted molar refractivity (Wildman–Crippen MR) is 106 cm³/mol. The van der Waals surface area contributed by atoms with Crippen molar-refractivity contribution in [2.24, 2.45) is 0 Å². The SMILES string of the molecule is COCCCn1c(SCC(=O)NC(C)C)nc2sc3c(c2c1=O)CCC3. The molecule has 0 spiro atoms. The predicted octanol–water partition coefficient (Wildman–Crippen LogP) is 2.60. The molecule has 1 N–H and O–H groups in total. The Bertz CT molecular complexity index is 857. The molecule has 0 fully saturated rings. The third-order valence-corrected chi connectivity index (χ3v) is 6.46. The van der Waals surface area contributed by atoms with Crippen LogP contribution in [0.4, 0.5) is 0 Å². The first-order chi connectivity index (χ1) is 12.5. The fourth-order valence-electron chi connectivity index (χ4n) is 3.23. The molecule has 0 saturated heterocycles. The van der Waals surface area contributed by atoms with Gasteiger partial charge in [0.25, 0.3) is 5.56 Å². The van der Waals surface area contributed by atoms with E-state index < -0.39 is 0 Å². The van der Waals surface area contributed by atoms with Crippen LogP contribution in [0.5, 0.6) is 0 Å². The lowest BCUT2D eigenvalue weighted by molar-refractivity contribution is -0.119. The minimum absolute atomic E-state index is 0.0253. The van der Waals surface area contributed by atoms with Crippen molar-refractivity contribution in [3.05, 3.63) is 20.8 Å². The van der Waals surface area contributed by atoms with Gasteiger partial charge in [-0.15, -0.1) is 11.3 Å². The van der Waals surface area contributed by atoms with E-state index in [-0.39, 0.29) is 23.3 Å². The average molecular weight is 396 g/mol. The minimum atomic E-state index is -0.0449. The number of thiophene rings is 1. The Morgan fingerprint density at radius 3 is 2.96 bits per heavy atom. The number of nitrogens with one attached hydrogen (secondary N) is 1. The molecule has 0 bridgehead atoms. The Labute approximate surface area is 161 Å². The quantitative estimate of drug-likeness (QED) is 0.423. The number of methoxy groups -OCH3 is 1. The smallest absolute Gasteiger partial charge is 0.263 e. The molecule has 1 aliphatic rings. The van der Waals surface area contributed by atoms with E-state index in [9.17, 15) is 9.59 Å². The first kappa shape index (κ1) is 19.4. The minimum Gasteiger partial charge on any atom is -0.385 e. The molecule has 0 radical (unpaired) electrons. The number of fused-ring (bicyclic) bond motifs is 3. The second-order valence-corrected chi connectivity index (χ2v) is 8.77. The Morgan fingerprint density at radius 2 is 2.23 bits per heavy atom. The van der Waals surface area contributed by atoms with Crippen LogP contribution in [-0.4, -0.2) is 41.0 Å². The number of thioether (sulfide) groups is 1. The zero-order valence-electron chi connectivity index (χ0n) is 15.5. The fraction of sp³-hybridized carbons (Fsp3) is 0.611. The Hall–Kier alpha value is -1.38. The summed E-state index contributed by atoms with van der Waals surface area (Å²) < 4.78 is 6.85. The van der Waals surface area contributed by atoms with Crippen LogP contribution in [0.25, 0.3) is 10.2 Å². The number of rotatable bonds is 8. The highest BCUT2D eigenvalue weighted by Gasteiger charge is 2.23. The van der Waals surface area contributed by atoms with Gasteiger partial charge >= 0.3 is 0 Å². The van der Waals surface area contributed by atoms with Crippen LogP contribution in [0.15, 0.2) is 9.95 Å². The number of ether oxygens (including phenoxy) is 1. The van der Waals surface area contributed by atoms with Crippen LogP contribution < -0.4 is 10.9 Å². The molecule has 0 atom stereocenters. The third-order valence-electron chi connectivity index (χ3n) is 4.30. The van der Waals surface area contributed by atoms with Gasteiger partial charge in [0.1, 0.15) is 4.83 Å². The van der Waals surface area contributed by atoms with Crippen molar-refractivity contribution in [1.82, 2.24) is 14.9 Å². The van der Waals surface area contributed by atoms with Crippen molar-refractivity contribution in [3.63, 3.8) is 0 Å². The number of carbonyl (C=O) groups excluding carboxylic acids is 1. The highest BCUT2D eigenvalue weighted by molar-refractivity contribution is 7.99. The van der Waals surface area contributed by atoms with E-state index in [0.717, 1.165) is 35.9 Å². The van der Waals surface area contributed by atoms with Gasteiger partial charge in [0, 0.05) is 31.2 Å². The molecule has 2 aromatic heterocycles. The molecule has 3 rings (SSSR count). The molecule has 2 aromatic rings. The maximum absolute atomic E-state index is 13.2. The topological polar surface area (TPSA) is 73.2 Å². The lowest BCUT2D eigenvalue weighted by atomic mass is 10.2. The average Bonchev–Trinajstić information content (AvgIpc) is 3.15. The van der Waals surface area contributed by atoms with Gasteiger partial charge < -0.3 is 10.1 Å². The number of hydrogen-bond acceptors (Lipinski definition) is 6. The summed E-state index contributed by atoms with van der Waals surface area (Å²) in [5.74, 6) is 0.211. The summed E-state index contributed by atoms with van der Waals surface area (Å²) in [5.41, 5.74) is 1.22. The Balaban J connectivity index is 1.93. The van der Waals surface area contributed by atoms with Crippen molar-refractivity contribution in [3.8, 4) is 0 Å². The van der Waals surface area contributed by atoms with E-state index in [1.165, 1.54) is 22.2 Å². The lowest BCUT2D eigenvalue weighted by Crippen LogP contribution is -2.32. The number of hydrogen-bond donors (Lipinski definition) is 1. The monoisotopic (exact) mass is 395 g/mol. The Kier molecular flexibility index (Phi) is 6.37. The van der Waals surface area contributed by atoms with Gasteiger partial charge in [-0.1, -0.05) is 11.8 Å². The molecule has 26 heavy (non-hydrogen) atoms. The van der Waals surface area contributed by atoms with Crippen molar-refractivity contribution in [2.75, 3.05) is 19.5 Å². The molecular formula is C18H25N3O3S2. The summed E-state index contributed by atoms with van der Waals surface area (Å²) in [6.45, 7) is 5.00. The van der Waals surface area contributed by atoms with Gasteiger partial charge in [-0.25, -0.2) is 4.98 Å². The largest absolute Gasteiger partial charge is 0.385 e. The van der Waals surface area contributed by atoms with Crippen LogP contribution in [0, 0.1) is 0 Å². The molecule has 8 heteroatoms. The number of nitrogens with zero attached hydrogens (tertiary/aromatic N) is 2. The molecule has 1 aliphatic carbocycles. The summed E-state index contributed by atoms with van der Waals surface area (Å²) in [6.07, 6.45) is 3.86. The molecule has 2 heterocycles. The van der Waals surface area contributed by atoms with E-state index in [1.54, 1.807) is 23.0 Å². The molecule has 142 valence electrons. The summed E-state index contributed by atoms with van der Waals surface area (Å²) in [5, 5.41) is 4.29. The zero-order chi connectivity index (χ0) is 18.7. The molecule has 0 unspecified atom stereocenters. The molecule has 0 aliphatic heterocycles. The van der Waals surface area contributed by atoms with Gasteiger partial charge in [-0.05, 0) is 45.1 Å². The van der Waals surface area contributed by atoms with E-state index in [4.69, 9.17) is 9.72 Å². The first-order valence-electron chi connectivity index (χ1n) is 8.97. The van der Waals surface area contributed by atoms with Gasteiger partial charge in [0.15, 0.2) is 5.16 Å². The second-order valence-electron chi connectivity index (χ2n) is 6.75. The van der Waals surface area contributed by atoms with Crippen LogP contribution in [0.1, 0.15) is 37.1 Å². The van der Waals surface area contributed by atoms with Crippen LogP contribution in [0.2, 0.25) is 0 Å². The molecular weight excluding hydrogens is 370 g/mol. The van der Waals surface area contributed by atoms with E-state index in [2.05, 4.69) is 5.32 Å². The maximum atomic E-state index is 13.2. The molecule has 1 amide bonds. The number of carbonyl (C=O) groups is 1. The number of aromatic nitrogens is 2. The van der Waals surface area contributed by atoms with Crippen molar-refractivity contribution >= 4 is 39.2 Å². The molecule has 0 saturated carbocycles. The lowest BCUT2D eigenvalue weighted by Gasteiger charge is -2.13. The Morgan fingerprint density at radius 1 is 1.42 bits per heavy atom. The summed E-state index contributed by atoms with van der Waals surface area (Å²) in [6, 6.07) is 0.0997. The maximum Gasteiger partial charge on any atom is 0.263 e. The van der Waals surface area contributed by atoms with Crippen molar-refractivity contribution < 1.29 is 9.53 Å². The summed E-state index contributed by atoms with van der Waals surface area (Å²) >= 11 is 2.96. The standard InChI is InChI=1S/C18H25N3O3S2/c1-11(2)19-14(22)10-25-18-20-16-15(12-6-4-7-13(12)26-16)17(23)21(18)8-5-9-24-3/h11H,4-10H2,1-3H3,(H,19,22). The molecule has 6 nitrogen and oxygen atoms in total. The molecule has 0 aromatic carbocycles. The van der Waals surface area contributed by atoms with Gasteiger partial charge in [0.05, 0.1) is 11.1 Å². The van der Waals surface area contributed by atoms with E-state index in [1.807, 2.05) is 13.8 Å².